The second-order valence-electron chi connectivity index (χ2n) is 6.52. The Morgan fingerprint density at radius 3 is 2.69 bits per heavy atom. The van der Waals surface area contributed by atoms with Gasteiger partial charge in [-0.3, -0.25) is 0 Å². The van der Waals surface area contributed by atoms with Gasteiger partial charge in [-0.25, -0.2) is 9.37 Å². The fraction of sp³-hybridized carbons (Fsp3) is 0.316. The van der Waals surface area contributed by atoms with Crippen LogP contribution in [0.25, 0.3) is 21.1 Å². The van der Waals surface area contributed by atoms with E-state index in [0.29, 0.717) is 15.6 Å². The molecule has 3 aromatic rings. The lowest BCUT2D eigenvalue weighted by molar-refractivity contribution is 0.129. The smallest absolute Gasteiger partial charge is 0.165 e. The van der Waals surface area contributed by atoms with Gasteiger partial charge in [0.2, 0.25) is 0 Å². The zero-order chi connectivity index (χ0) is 21.1. The number of aryl methyl sites for hydroxylation is 1. The molecule has 0 radical (unpaired) electrons. The van der Waals surface area contributed by atoms with Crippen LogP contribution in [0.2, 0.25) is 5.02 Å². The van der Waals surface area contributed by atoms with Gasteiger partial charge in [0, 0.05) is 29.9 Å². The molecule has 10 heteroatoms. The van der Waals surface area contributed by atoms with Crippen LogP contribution in [0.1, 0.15) is 12.6 Å². The van der Waals surface area contributed by atoms with E-state index < -0.39 is 18.0 Å². The van der Waals surface area contributed by atoms with Crippen molar-refractivity contribution < 1.29 is 14.2 Å². The number of anilines is 1. The van der Waals surface area contributed by atoms with Crippen LogP contribution in [0, 0.1) is 12.7 Å². The van der Waals surface area contributed by atoms with Gasteiger partial charge < -0.3 is 20.9 Å². The van der Waals surface area contributed by atoms with Crippen molar-refractivity contribution in [2.75, 3.05) is 19.0 Å². The summed E-state index contributed by atoms with van der Waals surface area (Å²) in [5, 5.41) is 22.2. The van der Waals surface area contributed by atoms with Crippen molar-refractivity contribution in [1.29, 1.82) is 0 Å². The Morgan fingerprint density at radius 1 is 1.28 bits per heavy atom. The molecular weight excluding hydrogens is 417 g/mol. The predicted molar refractivity (Wildman–Crippen MR) is 113 cm³/mol. The Morgan fingerprint density at radius 2 is 2.00 bits per heavy atom. The number of halogens is 2. The van der Waals surface area contributed by atoms with Crippen LogP contribution in [0.15, 0.2) is 24.3 Å². The normalized spacial score (nSPS) is 13.2. The molecule has 0 aliphatic rings. The molecular formula is C19H21ClFN5O2S. The summed E-state index contributed by atoms with van der Waals surface area (Å²) < 4.78 is 19.9. The van der Waals surface area contributed by atoms with E-state index in [-0.39, 0.29) is 17.4 Å². The van der Waals surface area contributed by atoms with E-state index in [4.69, 9.17) is 22.1 Å². The van der Waals surface area contributed by atoms with Gasteiger partial charge in [0.15, 0.2) is 11.6 Å². The molecule has 0 saturated carbocycles. The molecule has 2 unspecified atom stereocenters. The van der Waals surface area contributed by atoms with E-state index in [9.17, 15) is 9.50 Å². The molecule has 3 rings (SSSR count). The predicted octanol–water partition coefficient (Wildman–Crippen LogP) is 3.50. The summed E-state index contributed by atoms with van der Waals surface area (Å²) in [7, 11) is 1.79. The molecule has 0 fully saturated rings. The third kappa shape index (κ3) is 4.99. The minimum atomic E-state index is -0.770. The monoisotopic (exact) mass is 437 g/mol. The number of nitrogens with zero attached hydrogens (tertiary/aromatic N) is 3. The summed E-state index contributed by atoms with van der Waals surface area (Å²) in [5.41, 5.74) is 7.82. The average molecular weight is 438 g/mol. The van der Waals surface area contributed by atoms with E-state index in [2.05, 4.69) is 20.5 Å². The summed E-state index contributed by atoms with van der Waals surface area (Å²) in [6.07, 6.45) is -0.770. The molecule has 4 N–H and O–H groups in total. The molecule has 7 nitrogen and oxygen atoms in total. The SMILES string of the molecule is CNc1cc(-c2nnc(-c3cc(F)c(OCC(N)C(C)O)cc3Cl)s2)cc(C)n1. The van der Waals surface area contributed by atoms with Crippen LogP contribution in [-0.4, -0.2) is 46.1 Å². The third-order valence-electron chi connectivity index (χ3n) is 4.18. The lowest BCUT2D eigenvalue weighted by atomic mass is 10.2. The Balaban J connectivity index is 1.87. The van der Waals surface area contributed by atoms with E-state index in [1.165, 1.54) is 30.4 Å². The van der Waals surface area contributed by atoms with Crippen molar-refractivity contribution in [3.05, 3.63) is 40.8 Å². The Kier molecular flexibility index (Phi) is 6.63. The van der Waals surface area contributed by atoms with E-state index in [0.717, 1.165) is 17.1 Å². The maximum Gasteiger partial charge on any atom is 0.165 e. The Labute approximate surface area is 176 Å². The van der Waals surface area contributed by atoms with E-state index in [1.807, 2.05) is 19.1 Å². The standard InChI is InChI=1S/C19H21ClFN5O2S/c1-9-4-11(5-17(23-3)24-9)18-25-26-19(29-18)12-6-14(21)16(7-13(12)20)28-8-15(22)10(2)27/h4-7,10,15,27H,8,22H2,1-3H3,(H,23,24). The first-order valence-corrected chi connectivity index (χ1v) is 10.0. The van der Waals surface area contributed by atoms with Gasteiger partial charge in [-0.05, 0) is 32.0 Å². The van der Waals surface area contributed by atoms with Gasteiger partial charge >= 0.3 is 0 Å². The molecule has 2 heterocycles. The highest BCUT2D eigenvalue weighted by atomic mass is 35.5. The molecule has 0 aliphatic heterocycles. The van der Waals surface area contributed by atoms with Crippen LogP contribution < -0.4 is 15.8 Å². The number of nitrogens with one attached hydrogen (secondary N) is 1. The molecule has 2 aromatic heterocycles. The number of rotatable bonds is 7. The van der Waals surface area contributed by atoms with Crippen LogP contribution in [0.4, 0.5) is 10.2 Å². The maximum atomic E-state index is 14.5. The first kappa shape index (κ1) is 21.4. The quantitative estimate of drug-likeness (QED) is 0.519. The number of nitrogens with two attached hydrogens (primary N) is 1. The van der Waals surface area contributed by atoms with Crippen molar-refractivity contribution in [3.63, 3.8) is 0 Å². The number of aromatic nitrogens is 3. The van der Waals surface area contributed by atoms with Crippen molar-refractivity contribution in [2.24, 2.45) is 5.73 Å². The Bertz CT molecular complexity index is 1010. The largest absolute Gasteiger partial charge is 0.489 e. The lowest BCUT2D eigenvalue weighted by Gasteiger charge is -2.16. The van der Waals surface area contributed by atoms with Gasteiger partial charge in [-0.15, -0.1) is 10.2 Å². The molecule has 0 spiro atoms. The van der Waals surface area contributed by atoms with Crippen LogP contribution in [0.3, 0.4) is 0 Å². The number of pyridine rings is 1. The zero-order valence-electron chi connectivity index (χ0n) is 16.1. The van der Waals surface area contributed by atoms with Gasteiger partial charge in [0.1, 0.15) is 22.4 Å². The molecule has 0 bridgehead atoms. The number of aliphatic hydroxyl groups excluding tert-OH is 1. The zero-order valence-corrected chi connectivity index (χ0v) is 17.7. The molecule has 0 aliphatic carbocycles. The summed E-state index contributed by atoms with van der Waals surface area (Å²) in [6.45, 7) is 3.39. The summed E-state index contributed by atoms with van der Waals surface area (Å²) in [5.74, 6) is 0.0805. The third-order valence-corrected chi connectivity index (χ3v) is 5.50. The minimum Gasteiger partial charge on any atom is -0.489 e. The number of hydrogen-bond acceptors (Lipinski definition) is 8. The number of benzene rings is 1. The van der Waals surface area contributed by atoms with Crippen molar-refractivity contribution in [1.82, 2.24) is 15.2 Å². The van der Waals surface area contributed by atoms with Gasteiger partial charge in [-0.2, -0.15) is 0 Å². The average Bonchev–Trinajstić information content (AvgIpc) is 3.17. The second-order valence-corrected chi connectivity index (χ2v) is 7.91. The van der Waals surface area contributed by atoms with Crippen LogP contribution >= 0.6 is 22.9 Å². The highest BCUT2D eigenvalue weighted by Gasteiger charge is 2.18. The first-order chi connectivity index (χ1) is 13.8. The fourth-order valence-corrected chi connectivity index (χ4v) is 3.66. The molecule has 0 saturated heterocycles. The van der Waals surface area contributed by atoms with Gasteiger partial charge in [0.25, 0.3) is 0 Å². The number of hydrogen-bond donors (Lipinski definition) is 3. The van der Waals surface area contributed by atoms with E-state index in [1.54, 1.807) is 7.05 Å². The summed E-state index contributed by atoms with van der Waals surface area (Å²) in [6, 6.07) is 5.76. The van der Waals surface area contributed by atoms with E-state index >= 15 is 0 Å². The summed E-state index contributed by atoms with van der Waals surface area (Å²) in [4.78, 5) is 4.35. The topological polar surface area (TPSA) is 106 Å². The molecule has 154 valence electrons. The first-order valence-electron chi connectivity index (χ1n) is 8.84. The highest BCUT2D eigenvalue weighted by molar-refractivity contribution is 7.18. The van der Waals surface area contributed by atoms with Crippen molar-refractivity contribution >= 4 is 28.8 Å². The van der Waals surface area contributed by atoms with Crippen LogP contribution in [-0.2, 0) is 0 Å². The summed E-state index contributed by atoms with van der Waals surface area (Å²) >= 11 is 7.63. The van der Waals surface area contributed by atoms with Crippen molar-refractivity contribution in [2.45, 2.75) is 26.0 Å². The lowest BCUT2D eigenvalue weighted by Crippen LogP contribution is -2.38. The Hall–Kier alpha value is -2.33. The highest BCUT2D eigenvalue weighted by Crippen LogP contribution is 2.37. The number of aliphatic hydroxyl groups is 1. The molecule has 29 heavy (non-hydrogen) atoms. The van der Waals surface area contributed by atoms with Gasteiger partial charge in [0.05, 0.1) is 17.2 Å². The van der Waals surface area contributed by atoms with Crippen LogP contribution in [0.5, 0.6) is 5.75 Å². The van der Waals surface area contributed by atoms with Gasteiger partial charge in [-0.1, -0.05) is 22.9 Å². The number of ether oxygens (including phenoxy) is 1. The molecule has 2 atom stereocenters. The minimum absolute atomic E-state index is 0.0389. The fourth-order valence-electron chi connectivity index (χ4n) is 2.50. The molecule has 1 aromatic carbocycles. The van der Waals surface area contributed by atoms with Crippen molar-refractivity contribution in [3.8, 4) is 26.9 Å². The maximum absolute atomic E-state index is 14.5. The second kappa shape index (κ2) is 9.00. The molecule has 0 amide bonds.